The zero-order chi connectivity index (χ0) is 19.8. The first-order valence-corrected chi connectivity index (χ1v) is 9.51. The number of halogens is 1. The summed E-state index contributed by atoms with van der Waals surface area (Å²) in [5.74, 6) is 2.11. The minimum atomic E-state index is 0. The number of nitrogens with zero attached hydrogens (tertiary/aromatic N) is 2. The molecule has 156 valence electrons. The fraction of sp³-hybridized carbons (Fsp3) is 0.318. The van der Waals surface area contributed by atoms with E-state index in [1.165, 1.54) is 11.3 Å². The smallest absolute Gasteiger partial charge is 0.195 e. The van der Waals surface area contributed by atoms with Crippen LogP contribution in [0.5, 0.6) is 11.5 Å². The number of rotatable bonds is 7. The molecule has 0 bridgehead atoms. The van der Waals surface area contributed by atoms with Crippen molar-refractivity contribution in [1.29, 1.82) is 0 Å². The summed E-state index contributed by atoms with van der Waals surface area (Å²) in [5.41, 5.74) is 3.33. The predicted octanol–water partition coefficient (Wildman–Crippen LogP) is 4.28. The Bertz CT molecular complexity index is 829. The van der Waals surface area contributed by atoms with Crippen molar-refractivity contribution in [3.05, 3.63) is 60.2 Å². The fourth-order valence-corrected chi connectivity index (χ4v) is 3.04. The second-order valence-electron chi connectivity index (χ2n) is 6.39. The predicted molar refractivity (Wildman–Crippen MR) is 131 cm³/mol. The van der Waals surface area contributed by atoms with Gasteiger partial charge in [-0.15, -0.1) is 24.0 Å². The summed E-state index contributed by atoms with van der Waals surface area (Å²) in [5, 5.41) is 6.64. The lowest BCUT2D eigenvalue weighted by atomic mass is 10.2. The van der Waals surface area contributed by atoms with Crippen LogP contribution in [0.2, 0.25) is 0 Å². The Kier molecular flexibility index (Phi) is 9.11. The Hall–Kier alpha value is -2.42. The van der Waals surface area contributed by atoms with E-state index in [0.717, 1.165) is 18.8 Å². The van der Waals surface area contributed by atoms with Crippen molar-refractivity contribution < 1.29 is 9.47 Å². The molecule has 0 amide bonds. The first kappa shape index (κ1) is 22.9. The molecule has 2 N–H and O–H groups in total. The van der Waals surface area contributed by atoms with Gasteiger partial charge in [-0.2, -0.15) is 0 Å². The maximum Gasteiger partial charge on any atom is 0.195 e. The van der Waals surface area contributed by atoms with E-state index in [9.17, 15) is 0 Å². The number of guanidine groups is 1. The lowest BCUT2D eigenvalue weighted by Crippen LogP contribution is -2.30. The van der Waals surface area contributed by atoms with Crippen LogP contribution in [0, 0.1) is 0 Å². The van der Waals surface area contributed by atoms with Gasteiger partial charge in [0.2, 0.25) is 0 Å². The van der Waals surface area contributed by atoms with Gasteiger partial charge in [-0.05, 0) is 36.8 Å². The molecular weight excluding hydrogens is 479 g/mol. The van der Waals surface area contributed by atoms with Crippen LogP contribution in [-0.4, -0.2) is 39.8 Å². The molecule has 0 radical (unpaired) electrons. The molecule has 2 aromatic rings. The third-order valence-corrected chi connectivity index (χ3v) is 4.53. The Morgan fingerprint density at radius 2 is 1.79 bits per heavy atom. The number of anilines is 2. The quantitative estimate of drug-likeness (QED) is 0.253. The van der Waals surface area contributed by atoms with E-state index in [1.54, 1.807) is 14.2 Å². The van der Waals surface area contributed by atoms with E-state index in [1.807, 2.05) is 25.1 Å². The minimum Gasteiger partial charge on any atom is -0.493 e. The van der Waals surface area contributed by atoms with E-state index in [-0.39, 0.29) is 24.0 Å². The minimum absolute atomic E-state index is 0. The molecule has 0 saturated carbocycles. The molecule has 1 aliphatic rings. The number of hydrogen-bond donors (Lipinski definition) is 2. The van der Waals surface area contributed by atoms with Gasteiger partial charge in [0, 0.05) is 44.1 Å². The van der Waals surface area contributed by atoms with Crippen molar-refractivity contribution in [2.45, 2.75) is 13.5 Å². The average molecular weight is 508 g/mol. The monoisotopic (exact) mass is 508 g/mol. The van der Waals surface area contributed by atoms with Crippen molar-refractivity contribution in [2.75, 3.05) is 44.1 Å². The highest BCUT2D eigenvalue weighted by Crippen LogP contribution is 2.30. The molecule has 2 aromatic carbocycles. The molecule has 0 unspecified atom stereocenters. The number of benzene rings is 2. The summed E-state index contributed by atoms with van der Waals surface area (Å²) in [4.78, 5) is 6.63. The van der Waals surface area contributed by atoms with Gasteiger partial charge in [0.25, 0.3) is 0 Å². The maximum absolute atomic E-state index is 5.63. The molecule has 0 fully saturated rings. The normalized spacial score (nSPS) is 13.1. The first-order chi connectivity index (χ1) is 13.7. The zero-order valence-corrected chi connectivity index (χ0v) is 19.5. The number of ether oxygens (including phenoxy) is 2. The molecule has 0 atom stereocenters. The summed E-state index contributed by atoms with van der Waals surface area (Å²) in [6.07, 6.45) is 4.39. The summed E-state index contributed by atoms with van der Waals surface area (Å²) < 4.78 is 11.0. The van der Waals surface area contributed by atoms with Crippen molar-refractivity contribution >= 4 is 41.3 Å². The number of nitrogens with one attached hydrogen (secondary N) is 2. The molecule has 7 heteroatoms. The van der Waals surface area contributed by atoms with Gasteiger partial charge in [0.1, 0.15) is 0 Å². The summed E-state index contributed by atoms with van der Waals surface area (Å²) in [6.45, 7) is 5.19. The molecule has 1 heterocycles. The van der Waals surface area contributed by atoms with Gasteiger partial charge >= 0.3 is 0 Å². The summed E-state index contributed by atoms with van der Waals surface area (Å²) in [7, 11) is 3.39. The highest BCUT2D eigenvalue weighted by Gasteiger charge is 2.08. The van der Waals surface area contributed by atoms with Crippen molar-refractivity contribution in [3.8, 4) is 11.5 Å². The molecule has 0 spiro atoms. The van der Waals surface area contributed by atoms with E-state index in [2.05, 4.69) is 56.9 Å². The molecule has 29 heavy (non-hydrogen) atoms. The van der Waals surface area contributed by atoms with Crippen LogP contribution in [0.15, 0.2) is 59.6 Å². The number of hydrogen-bond acceptors (Lipinski definition) is 4. The largest absolute Gasteiger partial charge is 0.493 e. The van der Waals surface area contributed by atoms with Crippen LogP contribution in [0.3, 0.4) is 0 Å². The lowest BCUT2D eigenvalue weighted by Gasteiger charge is -2.18. The maximum atomic E-state index is 5.63. The Balaban J connectivity index is 0.00000300. The fourth-order valence-electron chi connectivity index (χ4n) is 3.04. The van der Waals surface area contributed by atoms with Crippen LogP contribution >= 0.6 is 24.0 Å². The van der Waals surface area contributed by atoms with Gasteiger partial charge in [-0.1, -0.05) is 24.3 Å². The van der Waals surface area contributed by atoms with E-state index in [4.69, 9.17) is 9.47 Å². The Labute approximate surface area is 190 Å². The number of methoxy groups -OCH3 is 1. The molecule has 6 nitrogen and oxygen atoms in total. The number of aliphatic imine (C=N–C) groups is 1. The third-order valence-electron chi connectivity index (χ3n) is 4.53. The van der Waals surface area contributed by atoms with Gasteiger partial charge < -0.3 is 25.0 Å². The Morgan fingerprint density at radius 1 is 1.07 bits per heavy atom. The molecular formula is C22H29IN4O2. The summed E-state index contributed by atoms with van der Waals surface area (Å²) in [6, 6.07) is 14.4. The average Bonchev–Trinajstić information content (AvgIpc) is 3.27. The topological polar surface area (TPSA) is 58.1 Å². The van der Waals surface area contributed by atoms with E-state index < -0.39 is 0 Å². The standard InChI is InChI=1S/C22H28N4O2.HI/c1-4-28-21-15-18(9-12-20(21)27-3)25-22(23-2)24-16-17-7-10-19(11-8-17)26-13-5-6-14-26;/h5-12,15H,4,13-14,16H2,1-3H3,(H2,23,24,25);1H. The molecule has 0 saturated heterocycles. The van der Waals surface area contributed by atoms with Crippen molar-refractivity contribution in [1.82, 2.24) is 5.32 Å². The molecule has 1 aliphatic heterocycles. The van der Waals surface area contributed by atoms with Gasteiger partial charge in [0.15, 0.2) is 17.5 Å². The molecule has 0 aliphatic carbocycles. The second kappa shape index (κ2) is 11.5. The van der Waals surface area contributed by atoms with Gasteiger partial charge in [-0.25, -0.2) is 0 Å². The molecule has 3 rings (SSSR count). The SMILES string of the molecule is CCOc1cc(NC(=NC)NCc2ccc(N3CC=CC3)cc2)ccc1OC.I. The van der Waals surface area contributed by atoms with E-state index in [0.29, 0.717) is 30.6 Å². The molecule has 0 aromatic heterocycles. The zero-order valence-electron chi connectivity index (χ0n) is 17.1. The van der Waals surface area contributed by atoms with Crippen LogP contribution < -0.4 is 25.0 Å². The van der Waals surface area contributed by atoms with Crippen LogP contribution in [-0.2, 0) is 6.54 Å². The first-order valence-electron chi connectivity index (χ1n) is 9.51. The highest BCUT2D eigenvalue weighted by atomic mass is 127. The Morgan fingerprint density at radius 3 is 2.41 bits per heavy atom. The van der Waals surface area contributed by atoms with Crippen LogP contribution in [0.1, 0.15) is 12.5 Å². The van der Waals surface area contributed by atoms with Crippen LogP contribution in [0.25, 0.3) is 0 Å². The van der Waals surface area contributed by atoms with Crippen molar-refractivity contribution in [2.24, 2.45) is 4.99 Å². The lowest BCUT2D eigenvalue weighted by molar-refractivity contribution is 0.311. The van der Waals surface area contributed by atoms with Crippen LogP contribution in [0.4, 0.5) is 11.4 Å². The van der Waals surface area contributed by atoms with Gasteiger partial charge in [-0.3, -0.25) is 4.99 Å². The summed E-state index contributed by atoms with van der Waals surface area (Å²) >= 11 is 0. The van der Waals surface area contributed by atoms with Crippen molar-refractivity contribution in [3.63, 3.8) is 0 Å². The van der Waals surface area contributed by atoms with E-state index >= 15 is 0 Å². The highest BCUT2D eigenvalue weighted by molar-refractivity contribution is 14.0. The van der Waals surface area contributed by atoms with Gasteiger partial charge in [0.05, 0.1) is 13.7 Å². The second-order valence-corrected chi connectivity index (χ2v) is 6.39. The third kappa shape index (κ3) is 6.28.